The first kappa shape index (κ1) is 9.15. The summed E-state index contributed by atoms with van der Waals surface area (Å²) in [7, 11) is 0. The van der Waals surface area contributed by atoms with Crippen LogP contribution in [-0.4, -0.2) is 6.29 Å². The molecule has 2 rings (SSSR count). The predicted octanol–water partition coefficient (Wildman–Crippen LogP) is 3.18. The van der Waals surface area contributed by atoms with Crippen molar-refractivity contribution in [3.8, 4) is 0 Å². The van der Waals surface area contributed by atoms with E-state index < -0.39 is 11.6 Å². The molecular weight excluding hydrogens is 214 g/mol. The maximum atomic E-state index is 13.1. The number of furan rings is 1. The highest BCUT2D eigenvalue weighted by Gasteiger charge is 2.17. The van der Waals surface area contributed by atoms with Crippen molar-refractivity contribution in [3.05, 3.63) is 34.6 Å². The molecule has 0 amide bonds. The summed E-state index contributed by atoms with van der Waals surface area (Å²) in [5, 5.41) is -0.205. The van der Waals surface area contributed by atoms with Gasteiger partial charge in [-0.25, -0.2) is 4.39 Å². The van der Waals surface area contributed by atoms with Crippen molar-refractivity contribution in [2.24, 2.45) is 0 Å². The van der Waals surface area contributed by atoms with E-state index in [1.165, 1.54) is 0 Å². The molecule has 14 heavy (non-hydrogen) atoms. The number of rotatable bonds is 1. The summed E-state index contributed by atoms with van der Waals surface area (Å²) in [5.74, 6) is -2.36. The lowest BCUT2D eigenvalue weighted by Crippen LogP contribution is -1.86. The molecule has 1 aromatic heterocycles. The third-order valence-corrected chi connectivity index (χ3v) is 2.13. The van der Waals surface area contributed by atoms with Gasteiger partial charge in [-0.05, 0) is 6.07 Å². The van der Waals surface area contributed by atoms with Gasteiger partial charge in [0.15, 0.2) is 17.7 Å². The SMILES string of the molecule is O=Cc1coc2c(F)c(F)c(Cl)cc12. The minimum atomic E-state index is -1.18. The van der Waals surface area contributed by atoms with Gasteiger partial charge in [0.05, 0.1) is 10.6 Å². The molecule has 0 saturated heterocycles. The first-order valence-electron chi connectivity index (χ1n) is 3.65. The van der Waals surface area contributed by atoms with Crippen molar-refractivity contribution in [3.63, 3.8) is 0 Å². The molecule has 0 fully saturated rings. The van der Waals surface area contributed by atoms with Crippen LogP contribution in [0.1, 0.15) is 10.4 Å². The number of hydrogen-bond acceptors (Lipinski definition) is 2. The summed E-state index contributed by atoms with van der Waals surface area (Å²) in [4.78, 5) is 10.5. The predicted molar refractivity (Wildman–Crippen MR) is 46.5 cm³/mol. The lowest BCUT2D eigenvalue weighted by molar-refractivity contribution is 0.112. The van der Waals surface area contributed by atoms with E-state index in [9.17, 15) is 13.6 Å². The largest absolute Gasteiger partial charge is 0.460 e. The third-order valence-electron chi connectivity index (χ3n) is 1.86. The smallest absolute Gasteiger partial charge is 0.203 e. The Hall–Kier alpha value is -1.42. The van der Waals surface area contributed by atoms with Gasteiger partial charge in [-0.15, -0.1) is 0 Å². The quantitative estimate of drug-likeness (QED) is 0.541. The highest BCUT2D eigenvalue weighted by molar-refractivity contribution is 6.31. The van der Waals surface area contributed by atoms with Gasteiger partial charge in [0.25, 0.3) is 0 Å². The molecular formula is C9H3ClF2O2. The minimum Gasteiger partial charge on any atom is -0.460 e. The zero-order valence-electron chi connectivity index (χ0n) is 6.68. The lowest BCUT2D eigenvalue weighted by atomic mass is 10.2. The van der Waals surface area contributed by atoms with Crippen LogP contribution in [0.5, 0.6) is 0 Å². The molecule has 0 spiro atoms. The number of aldehydes is 1. The molecule has 0 unspecified atom stereocenters. The van der Waals surface area contributed by atoms with E-state index in [0.29, 0.717) is 6.29 Å². The molecule has 0 saturated carbocycles. The van der Waals surface area contributed by atoms with Gasteiger partial charge in [-0.2, -0.15) is 4.39 Å². The van der Waals surface area contributed by atoms with E-state index in [1.807, 2.05) is 0 Å². The molecule has 0 atom stereocenters. The Labute approximate surface area is 82.1 Å². The molecule has 0 aliphatic carbocycles. The molecule has 0 N–H and O–H groups in total. The van der Waals surface area contributed by atoms with Gasteiger partial charge in [0.1, 0.15) is 6.26 Å². The average Bonchev–Trinajstić information content (AvgIpc) is 2.57. The number of hydrogen-bond donors (Lipinski definition) is 0. The Balaban J connectivity index is 2.93. The molecule has 0 aliphatic heterocycles. The first-order chi connectivity index (χ1) is 6.65. The van der Waals surface area contributed by atoms with Crippen LogP contribution in [0.3, 0.4) is 0 Å². The zero-order chi connectivity index (χ0) is 10.3. The fourth-order valence-electron chi connectivity index (χ4n) is 1.19. The Bertz CT molecular complexity index is 519. The van der Waals surface area contributed by atoms with Crippen molar-refractivity contribution in [2.45, 2.75) is 0 Å². The van der Waals surface area contributed by atoms with E-state index in [4.69, 9.17) is 16.0 Å². The van der Waals surface area contributed by atoms with Crippen molar-refractivity contribution < 1.29 is 18.0 Å². The van der Waals surface area contributed by atoms with Gasteiger partial charge in [-0.1, -0.05) is 11.6 Å². The second-order valence-corrected chi connectivity index (χ2v) is 3.08. The van der Waals surface area contributed by atoms with Gasteiger partial charge in [0, 0.05) is 5.39 Å². The molecule has 2 nitrogen and oxygen atoms in total. The maximum Gasteiger partial charge on any atom is 0.203 e. The van der Waals surface area contributed by atoms with Gasteiger partial charge >= 0.3 is 0 Å². The monoisotopic (exact) mass is 216 g/mol. The van der Waals surface area contributed by atoms with Gasteiger partial charge < -0.3 is 4.42 Å². The summed E-state index contributed by atoms with van der Waals surface area (Å²) in [6.45, 7) is 0. The number of halogens is 3. The summed E-state index contributed by atoms with van der Waals surface area (Å²) < 4.78 is 30.8. The van der Waals surface area contributed by atoms with Gasteiger partial charge in [0.2, 0.25) is 5.82 Å². The second kappa shape index (κ2) is 3.06. The number of carbonyl (C=O) groups is 1. The molecule has 0 radical (unpaired) electrons. The number of carbonyl (C=O) groups excluding carboxylic acids is 1. The van der Waals surface area contributed by atoms with Crippen LogP contribution in [0, 0.1) is 11.6 Å². The Morgan fingerprint density at radius 3 is 2.71 bits per heavy atom. The fourth-order valence-corrected chi connectivity index (χ4v) is 1.38. The Morgan fingerprint density at radius 1 is 1.36 bits per heavy atom. The van der Waals surface area contributed by atoms with Crippen LogP contribution in [0.2, 0.25) is 5.02 Å². The van der Waals surface area contributed by atoms with Crippen molar-refractivity contribution in [1.29, 1.82) is 0 Å². The van der Waals surface area contributed by atoms with Crippen molar-refractivity contribution in [1.82, 2.24) is 0 Å². The zero-order valence-corrected chi connectivity index (χ0v) is 7.44. The minimum absolute atomic E-state index is 0.140. The number of benzene rings is 1. The first-order valence-corrected chi connectivity index (χ1v) is 4.03. The normalized spacial score (nSPS) is 10.8. The van der Waals surface area contributed by atoms with Crippen LogP contribution in [-0.2, 0) is 0 Å². The van der Waals surface area contributed by atoms with Gasteiger partial charge in [-0.3, -0.25) is 4.79 Å². The van der Waals surface area contributed by atoms with Crippen LogP contribution in [0.25, 0.3) is 11.0 Å². The van der Waals surface area contributed by atoms with Crippen LogP contribution >= 0.6 is 11.6 Å². The van der Waals surface area contributed by atoms with E-state index in [2.05, 4.69) is 0 Å². The van der Waals surface area contributed by atoms with Crippen molar-refractivity contribution >= 4 is 28.9 Å². The van der Waals surface area contributed by atoms with Crippen LogP contribution in [0.15, 0.2) is 16.7 Å². The number of fused-ring (bicyclic) bond motifs is 1. The molecule has 0 bridgehead atoms. The van der Waals surface area contributed by atoms with Crippen LogP contribution < -0.4 is 0 Å². The summed E-state index contributed by atoms with van der Waals surface area (Å²) in [6, 6.07) is 1.16. The van der Waals surface area contributed by atoms with Crippen molar-refractivity contribution in [2.75, 3.05) is 0 Å². The van der Waals surface area contributed by atoms with Crippen LogP contribution in [0.4, 0.5) is 8.78 Å². The molecule has 72 valence electrons. The lowest BCUT2D eigenvalue weighted by Gasteiger charge is -1.96. The molecule has 2 aromatic rings. The molecule has 1 heterocycles. The Morgan fingerprint density at radius 2 is 2.07 bits per heavy atom. The maximum absolute atomic E-state index is 13.1. The summed E-state index contributed by atoms with van der Waals surface area (Å²) >= 11 is 5.41. The molecule has 1 aromatic carbocycles. The van der Waals surface area contributed by atoms with E-state index in [-0.39, 0.29) is 21.6 Å². The van der Waals surface area contributed by atoms with E-state index in [0.717, 1.165) is 12.3 Å². The standard InChI is InChI=1S/C9H3ClF2O2/c10-6-1-5-4(2-13)3-14-9(5)8(12)7(6)11/h1-3H. The van der Waals surface area contributed by atoms with E-state index in [1.54, 1.807) is 0 Å². The molecule has 5 heteroatoms. The third kappa shape index (κ3) is 1.11. The Kier molecular flexibility index (Phi) is 2.00. The summed E-state index contributed by atoms with van der Waals surface area (Å²) in [6.07, 6.45) is 1.54. The summed E-state index contributed by atoms with van der Waals surface area (Å²) in [5.41, 5.74) is -0.158. The van der Waals surface area contributed by atoms with E-state index >= 15 is 0 Å². The topological polar surface area (TPSA) is 30.2 Å². The highest BCUT2D eigenvalue weighted by atomic mass is 35.5. The second-order valence-electron chi connectivity index (χ2n) is 2.67. The molecule has 0 aliphatic rings. The highest BCUT2D eigenvalue weighted by Crippen LogP contribution is 2.29. The average molecular weight is 217 g/mol. The fraction of sp³-hybridized carbons (Fsp3) is 0.